The molecule has 2 saturated heterocycles. The number of amides is 2. The third-order valence-corrected chi connectivity index (χ3v) is 4.49. The molecule has 1 N–H and O–H groups in total. The Balaban J connectivity index is 1.65. The van der Waals surface area contributed by atoms with Crippen LogP contribution < -0.4 is 0 Å². The molecule has 118 valence electrons. The van der Waals surface area contributed by atoms with Crippen LogP contribution in [0.5, 0.6) is 0 Å². The van der Waals surface area contributed by atoms with E-state index >= 15 is 0 Å². The van der Waals surface area contributed by atoms with E-state index in [1.165, 1.54) is 0 Å². The van der Waals surface area contributed by atoms with Gasteiger partial charge >= 0.3 is 0 Å². The summed E-state index contributed by atoms with van der Waals surface area (Å²) in [5.41, 5.74) is -0.458. The average molecular weight is 296 g/mol. The number of hydrogen-bond acceptors (Lipinski definition) is 4. The Morgan fingerprint density at radius 2 is 2.10 bits per heavy atom. The first kappa shape index (κ1) is 14.8. The lowest BCUT2D eigenvalue weighted by Gasteiger charge is -2.43. The van der Waals surface area contributed by atoms with Crippen molar-refractivity contribution in [1.29, 1.82) is 0 Å². The largest absolute Gasteiger partial charge is 0.394 e. The van der Waals surface area contributed by atoms with E-state index in [9.17, 15) is 14.7 Å². The molecule has 2 atom stereocenters. The fourth-order valence-electron chi connectivity index (χ4n) is 3.45. The highest BCUT2D eigenvalue weighted by molar-refractivity contribution is 5.89. The molecule has 1 saturated carbocycles. The van der Waals surface area contributed by atoms with Crippen molar-refractivity contribution in [2.75, 3.05) is 26.2 Å². The van der Waals surface area contributed by atoms with E-state index in [0.29, 0.717) is 32.1 Å². The molecule has 2 aliphatic heterocycles. The molecule has 3 aliphatic rings. The number of carbonyl (C=O) groups is 2. The summed E-state index contributed by atoms with van der Waals surface area (Å²) in [6.07, 6.45) is 2.14. The van der Waals surface area contributed by atoms with E-state index < -0.39 is 5.60 Å². The van der Waals surface area contributed by atoms with Crippen molar-refractivity contribution in [3.8, 4) is 0 Å². The first-order chi connectivity index (χ1) is 9.89. The van der Waals surface area contributed by atoms with Crippen molar-refractivity contribution in [3.63, 3.8) is 0 Å². The van der Waals surface area contributed by atoms with Crippen molar-refractivity contribution < 1.29 is 19.4 Å². The van der Waals surface area contributed by atoms with E-state index in [-0.39, 0.29) is 30.4 Å². The van der Waals surface area contributed by atoms with Crippen LogP contribution in [0.3, 0.4) is 0 Å². The molecule has 3 fully saturated rings. The number of aliphatic hydroxyl groups is 1. The highest BCUT2D eigenvalue weighted by Gasteiger charge is 2.44. The zero-order valence-corrected chi connectivity index (χ0v) is 12.7. The Kier molecular flexibility index (Phi) is 3.69. The van der Waals surface area contributed by atoms with Gasteiger partial charge in [0, 0.05) is 32.1 Å². The molecule has 21 heavy (non-hydrogen) atoms. The number of likely N-dealkylation sites (tertiary alicyclic amines) is 1. The minimum Gasteiger partial charge on any atom is -0.394 e. The Hall–Kier alpha value is -1.14. The van der Waals surface area contributed by atoms with Gasteiger partial charge < -0.3 is 19.6 Å². The van der Waals surface area contributed by atoms with Gasteiger partial charge in [-0.05, 0) is 26.7 Å². The highest BCUT2D eigenvalue weighted by Crippen LogP contribution is 2.33. The lowest BCUT2D eigenvalue weighted by molar-refractivity contribution is -0.169. The third-order valence-electron chi connectivity index (χ3n) is 4.49. The molecule has 2 amide bonds. The molecular formula is C15H24N2O4. The van der Waals surface area contributed by atoms with Crippen LogP contribution in [-0.2, 0) is 14.3 Å². The fourth-order valence-corrected chi connectivity index (χ4v) is 3.45. The summed E-state index contributed by atoms with van der Waals surface area (Å²) >= 11 is 0. The molecule has 2 unspecified atom stereocenters. The molecule has 0 aromatic rings. The molecular weight excluding hydrogens is 272 g/mol. The van der Waals surface area contributed by atoms with Crippen LogP contribution in [0, 0.1) is 5.92 Å². The molecule has 0 aromatic heterocycles. The summed E-state index contributed by atoms with van der Waals surface area (Å²) in [7, 11) is 0. The molecule has 6 heteroatoms. The van der Waals surface area contributed by atoms with E-state index in [1.807, 2.05) is 18.7 Å². The van der Waals surface area contributed by atoms with Gasteiger partial charge in [0.25, 0.3) is 0 Å². The number of carbonyl (C=O) groups excluding carboxylic acids is 2. The Bertz CT molecular complexity index is 447. The molecule has 3 rings (SSSR count). The minimum absolute atomic E-state index is 0.0290. The van der Waals surface area contributed by atoms with Gasteiger partial charge in [0.2, 0.25) is 11.8 Å². The maximum atomic E-state index is 12.7. The second-order valence-electron chi connectivity index (χ2n) is 7.08. The smallest absolute Gasteiger partial charge is 0.228 e. The quantitative estimate of drug-likeness (QED) is 0.795. The van der Waals surface area contributed by atoms with Crippen LogP contribution in [0.1, 0.15) is 33.1 Å². The van der Waals surface area contributed by atoms with E-state index in [0.717, 1.165) is 12.8 Å². The number of nitrogens with zero attached hydrogens (tertiary/aromatic N) is 2. The maximum Gasteiger partial charge on any atom is 0.228 e. The summed E-state index contributed by atoms with van der Waals surface area (Å²) in [6, 6.07) is 0.377. The van der Waals surface area contributed by atoms with Crippen molar-refractivity contribution in [2.24, 2.45) is 5.92 Å². The summed E-state index contributed by atoms with van der Waals surface area (Å²) in [4.78, 5) is 28.3. The topological polar surface area (TPSA) is 70.1 Å². The summed E-state index contributed by atoms with van der Waals surface area (Å²) in [6.45, 7) is 5.23. The molecule has 0 spiro atoms. The second-order valence-corrected chi connectivity index (χ2v) is 7.08. The van der Waals surface area contributed by atoms with Gasteiger partial charge in [0.15, 0.2) is 0 Å². The number of aliphatic hydroxyl groups excluding tert-OH is 1. The number of morpholine rings is 1. The Morgan fingerprint density at radius 1 is 1.38 bits per heavy atom. The van der Waals surface area contributed by atoms with Gasteiger partial charge in [0.05, 0.1) is 24.2 Å². The molecule has 2 heterocycles. The third kappa shape index (κ3) is 3.06. The standard InChI is InChI=1S/C15H24N2O4/c1-15(2)9-16(7-12(8-18)21-15)14(20)10-5-13(19)17(6-10)11-3-4-11/h10-12,18H,3-9H2,1-2H3. The van der Waals surface area contributed by atoms with E-state index in [1.54, 1.807) is 4.90 Å². The first-order valence-corrected chi connectivity index (χ1v) is 7.76. The molecule has 6 nitrogen and oxygen atoms in total. The Morgan fingerprint density at radius 3 is 2.71 bits per heavy atom. The van der Waals surface area contributed by atoms with Crippen molar-refractivity contribution in [2.45, 2.75) is 50.9 Å². The van der Waals surface area contributed by atoms with Crippen LogP contribution in [0.25, 0.3) is 0 Å². The van der Waals surface area contributed by atoms with E-state index in [4.69, 9.17) is 4.74 Å². The monoisotopic (exact) mass is 296 g/mol. The van der Waals surface area contributed by atoms with Crippen LogP contribution >= 0.6 is 0 Å². The van der Waals surface area contributed by atoms with Gasteiger partial charge in [-0.3, -0.25) is 9.59 Å². The lowest BCUT2D eigenvalue weighted by atomic mass is 10.0. The van der Waals surface area contributed by atoms with Crippen LogP contribution in [0.2, 0.25) is 0 Å². The normalized spacial score (nSPS) is 32.6. The molecule has 0 aromatic carbocycles. The van der Waals surface area contributed by atoms with Gasteiger partial charge in [-0.1, -0.05) is 0 Å². The highest BCUT2D eigenvalue weighted by atomic mass is 16.5. The number of hydrogen-bond donors (Lipinski definition) is 1. The van der Waals surface area contributed by atoms with Gasteiger partial charge in [0.1, 0.15) is 0 Å². The van der Waals surface area contributed by atoms with Gasteiger partial charge in [-0.15, -0.1) is 0 Å². The lowest BCUT2D eigenvalue weighted by Crippen LogP contribution is -2.56. The molecule has 0 radical (unpaired) electrons. The predicted octanol–water partition coefficient (Wildman–Crippen LogP) is -0.00440. The van der Waals surface area contributed by atoms with Crippen molar-refractivity contribution in [3.05, 3.63) is 0 Å². The zero-order chi connectivity index (χ0) is 15.2. The average Bonchev–Trinajstić information content (AvgIpc) is 3.19. The summed E-state index contributed by atoms with van der Waals surface area (Å²) in [5, 5.41) is 9.33. The number of rotatable bonds is 3. The van der Waals surface area contributed by atoms with Gasteiger partial charge in [-0.25, -0.2) is 0 Å². The first-order valence-electron chi connectivity index (χ1n) is 7.76. The van der Waals surface area contributed by atoms with Crippen molar-refractivity contribution >= 4 is 11.8 Å². The molecule has 0 bridgehead atoms. The van der Waals surface area contributed by atoms with E-state index in [2.05, 4.69) is 0 Å². The SMILES string of the molecule is CC1(C)CN(C(=O)C2CC(=O)N(C3CC3)C2)CC(CO)O1. The maximum absolute atomic E-state index is 12.7. The van der Waals surface area contributed by atoms with Crippen LogP contribution in [-0.4, -0.2) is 70.7 Å². The number of ether oxygens (including phenoxy) is 1. The Labute approximate surface area is 125 Å². The summed E-state index contributed by atoms with van der Waals surface area (Å²) < 4.78 is 5.74. The van der Waals surface area contributed by atoms with Crippen LogP contribution in [0.15, 0.2) is 0 Å². The fraction of sp³-hybridized carbons (Fsp3) is 0.867. The zero-order valence-electron chi connectivity index (χ0n) is 12.7. The van der Waals surface area contributed by atoms with Gasteiger partial charge in [-0.2, -0.15) is 0 Å². The second kappa shape index (κ2) is 5.25. The predicted molar refractivity (Wildman–Crippen MR) is 75.5 cm³/mol. The summed E-state index contributed by atoms with van der Waals surface area (Å²) in [5.74, 6) is -0.0882. The van der Waals surface area contributed by atoms with Crippen LogP contribution in [0.4, 0.5) is 0 Å². The minimum atomic E-state index is -0.458. The molecule has 1 aliphatic carbocycles. The van der Waals surface area contributed by atoms with Crippen molar-refractivity contribution in [1.82, 2.24) is 9.80 Å².